The second kappa shape index (κ2) is 9.68. The molecule has 2 heterocycles. The maximum Gasteiger partial charge on any atom is 0.327 e. The van der Waals surface area contributed by atoms with Gasteiger partial charge >= 0.3 is 5.69 Å². The van der Waals surface area contributed by atoms with Crippen molar-refractivity contribution < 1.29 is 4.79 Å². The zero-order valence-electron chi connectivity index (χ0n) is 18.6. The van der Waals surface area contributed by atoms with E-state index < -0.39 is 11.2 Å². The van der Waals surface area contributed by atoms with E-state index in [0.29, 0.717) is 11.5 Å². The summed E-state index contributed by atoms with van der Waals surface area (Å²) in [6, 6.07) is 18.0. The highest BCUT2D eigenvalue weighted by atomic mass is 16.2. The molecule has 4 aromatic rings. The van der Waals surface area contributed by atoms with Crippen LogP contribution in [0.5, 0.6) is 0 Å². The molecule has 170 valence electrons. The van der Waals surface area contributed by atoms with Gasteiger partial charge in [-0.05, 0) is 48.4 Å². The number of H-pyrrole nitrogens is 3. The van der Waals surface area contributed by atoms with Gasteiger partial charge in [-0.2, -0.15) is 0 Å². The van der Waals surface area contributed by atoms with Gasteiger partial charge in [0.1, 0.15) is 11.3 Å². The number of hydrogen-bond donors (Lipinski definition) is 4. The monoisotopic (exact) mass is 445 g/mol. The topological polar surface area (TPSA) is 123 Å². The van der Waals surface area contributed by atoms with Crippen molar-refractivity contribution in [1.82, 2.24) is 19.9 Å². The molecule has 8 heteroatoms. The van der Waals surface area contributed by atoms with Gasteiger partial charge in [-0.1, -0.05) is 49.4 Å². The van der Waals surface area contributed by atoms with Crippen molar-refractivity contribution in [3.8, 4) is 0 Å². The van der Waals surface area contributed by atoms with Crippen LogP contribution in [0.3, 0.4) is 0 Å². The summed E-state index contributed by atoms with van der Waals surface area (Å²) < 4.78 is 0. The second-order valence-corrected chi connectivity index (χ2v) is 8.39. The first-order valence-corrected chi connectivity index (χ1v) is 11.0. The number of carbonyl (C=O) groups is 1. The normalized spacial score (nSPS) is 13.0. The molecule has 2 aromatic heterocycles. The van der Waals surface area contributed by atoms with E-state index in [0.717, 1.165) is 24.8 Å². The van der Waals surface area contributed by atoms with E-state index in [4.69, 9.17) is 0 Å². The summed E-state index contributed by atoms with van der Waals surface area (Å²) in [5, 5.41) is 2.78. The fourth-order valence-electron chi connectivity index (χ4n) is 4.27. The molecule has 0 spiro atoms. The third kappa shape index (κ3) is 5.28. The first-order valence-electron chi connectivity index (χ1n) is 11.0. The number of hydrogen-bond acceptors (Lipinski definition) is 4. The average molecular weight is 446 g/mol. The second-order valence-electron chi connectivity index (χ2n) is 8.39. The van der Waals surface area contributed by atoms with Gasteiger partial charge in [0, 0.05) is 18.5 Å². The lowest BCUT2D eigenvalue weighted by atomic mass is 9.83. The Bertz CT molecular complexity index is 1350. The Hall–Kier alpha value is -3.94. The van der Waals surface area contributed by atoms with E-state index in [1.165, 1.54) is 12.5 Å². The van der Waals surface area contributed by atoms with Gasteiger partial charge in [-0.15, -0.1) is 0 Å². The van der Waals surface area contributed by atoms with Gasteiger partial charge in [0.2, 0.25) is 5.91 Å². The van der Waals surface area contributed by atoms with Crippen LogP contribution in [-0.2, 0) is 11.2 Å². The van der Waals surface area contributed by atoms with Gasteiger partial charge in [-0.25, -0.2) is 9.78 Å². The predicted octanol–water partition coefficient (Wildman–Crippen LogP) is 3.69. The molecular weight excluding hydrogens is 418 g/mol. The average Bonchev–Trinajstić information content (AvgIpc) is 3.19. The zero-order valence-corrected chi connectivity index (χ0v) is 18.6. The molecule has 2 unspecified atom stereocenters. The summed E-state index contributed by atoms with van der Waals surface area (Å²) in [4.78, 5) is 47.8. The number of rotatable bonds is 8. The lowest BCUT2D eigenvalue weighted by Gasteiger charge is -2.23. The van der Waals surface area contributed by atoms with Gasteiger partial charge < -0.3 is 10.3 Å². The number of benzene rings is 2. The van der Waals surface area contributed by atoms with Crippen molar-refractivity contribution in [2.45, 2.75) is 39.0 Å². The first kappa shape index (κ1) is 22.3. The van der Waals surface area contributed by atoms with Crippen molar-refractivity contribution in [3.05, 3.63) is 92.4 Å². The highest BCUT2D eigenvalue weighted by Crippen LogP contribution is 2.34. The van der Waals surface area contributed by atoms with E-state index in [1.807, 2.05) is 42.5 Å². The third-order valence-corrected chi connectivity index (χ3v) is 5.83. The molecule has 0 fully saturated rings. The van der Waals surface area contributed by atoms with E-state index in [2.05, 4.69) is 44.3 Å². The molecular formula is C25H27N5O3. The maximum atomic E-state index is 12.2. The molecule has 0 bridgehead atoms. The summed E-state index contributed by atoms with van der Waals surface area (Å²) >= 11 is 0. The molecule has 4 N–H and O–H groups in total. The molecule has 4 rings (SSSR count). The standard InChI is InChI=1S/C25H27N5O3/c1-15(7-6-10-17-8-4-3-5-9-17)20(18-11-13-19(14-12-18)26-16(2)31)22-27-21-23(28-22)29-25(33)30-24(21)32/h3-5,8-9,11-15,20H,6-7,10H2,1-2H3,(H,26,31)(H3,27,28,29,30,32,33). The Balaban J connectivity index is 1.64. The third-order valence-electron chi connectivity index (χ3n) is 5.83. The quantitative estimate of drug-likeness (QED) is 0.330. The van der Waals surface area contributed by atoms with Crippen LogP contribution in [0.25, 0.3) is 11.2 Å². The van der Waals surface area contributed by atoms with Crippen LogP contribution >= 0.6 is 0 Å². The molecule has 0 saturated heterocycles. The number of nitrogens with one attached hydrogen (secondary N) is 4. The van der Waals surface area contributed by atoms with E-state index in [1.54, 1.807) is 0 Å². The Kier molecular flexibility index (Phi) is 6.53. The van der Waals surface area contributed by atoms with Crippen LogP contribution in [0.4, 0.5) is 5.69 Å². The molecule has 0 aliphatic rings. The van der Waals surface area contributed by atoms with E-state index >= 15 is 0 Å². The fourth-order valence-corrected chi connectivity index (χ4v) is 4.27. The Labute approximate surface area is 190 Å². The molecule has 1 amide bonds. The van der Waals surface area contributed by atoms with Crippen molar-refractivity contribution in [1.29, 1.82) is 0 Å². The van der Waals surface area contributed by atoms with Crippen molar-refractivity contribution in [2.24, 2.45) is 5.92 Å². The maximum absolute atomic E-state index is 12.2. The first-order chi connectivity index (χ1) is 15.9. The Morgan fingerprint density at radius 3 is 2.42 bits per heavy atom. The minimum Gasteiger partial charge on any atom is -0.336 e. The number of aromatic amines is 3. The number of anilines is 1. The van der Waals surface area contributed by atoms with Gasteiger partial charge in [0.25, 0.3) is 5.56 Å². The number of aromatic nitrogens is 4. The van der Waals surface area contributed by atoms with Crippen LogP contribution in [0.2, 0.25) is 0 Å². The Morgan fingerprint density at radius 1 is 1.00 bits per heavy atom. The van der Waals surface area contributed by atoms with Crippen LogP contribution in [0.15, 0.2) is 64.2 Å². The largest absolute Gasteiger partial charge is 0.336 e. The summed E-state index contributed by atoms with van der Waals surface area (Å²) in [7, 11) is 0. The van der Waals surface area contributed by atoms with Crippen molar-refractivity contribution in [3.63, 3.8) is 0 Å². The van der Waals surface area contributed by atoms with Crippen LogP contribution in [0.1, 0.15) is 49.6 Å². The smallest absolute Gasteiger partial charge is 0.327 e. The summed E-state index contributed by atoms with van der Waals surface area (Å²) in [5.41, 5.74) is 2.44. The lowest BCUT2D eigenvalue weighted by Crippen LogP contribution is -2.21. The number of aryl methyl sites for hydroxylation is 1. The Morgan fingerprint density at radius 2 is 1.73 bits per heavy atom. The van der Waals surface area contributed by atoms with E-state index in [-0.39, 0.29) is 28.9 Å². The fraction of sp³-hybridized carbons (Fsp3) is 0.280. The molecule has 0 radical (unpaired) electrons. The van der Waals surface area contributed by atoms with Crippen LogP contribution in [-0.4, -0.2) is 25.8 Å². The van der Waals surface area contributed by atoms with Crippen molar-refractivity contribution >= 4 is 22.8 Å². The van der Waals surface area contributed by atoms with Crippen molar-refractivity contribution in [2.75, 3.05) is 5.32 Å². The van der Waals surface area contributed by atoms with E-state index in [9.17, 15) is 14.4 Å². The highest BCUT2D eigenvalue weighted by molar-refractivity contribution is 5.88. The molecule has 0 aliphatic carbocycles. The highest BCUT2D eigenvalue weighted by Gasteiger charge is 2.25. The van der Waals surface area contributed by atoms with Gasteiger partial charge in [0.05, 0.1) is 0 Å². The molecule has 2 atom stereocenters. The molecule has 8 nitrogen and oxygen atoms in total. The summed E-state index contributed by atoms with van der Waals surface area (Å²) in [6.07, 6.45) is 2.92. The predicted molar refractivity (Wildman–Crippen MR) is 128 cm³/mol. The number of amides is 1. The lowest BCUT2D eigenvalue weighted by molar-refractivity contribution is -0.114. The van der Waals surface area contributed by atoms with Gasteiger partial charge in [-0.3, -0.25) is 19.6 Å². The van der Waals surface area contributed by atoms with Crippen LogP contribution in [0, 0.1) is 5.92 Å². The number of carbonyl (C=O) groups excluding carboxylic acids is 1. The van der Waals surface area contributed by atoms with Crippen LogP contribution < -0.4 is 16.6 Å². The molecule has 0 aliphatic heterocycles. The molecule has 0 saturated carbocycles. The SMILES string of the molecule is CC(=O)Nc1ccc(C(c2nc3[nH]c(=O)[nH]c(=O)c3[nH]2)C(C)CCCc2ccccc2)cc1. The number of nitrogens with zero attached hydrogens (tertiary/aromatic N) is 1. The molecule has 2 aromatic carbocycles. The minimum atomic E-state index is -0.585. The minimum absolute atomic E-state index is 0.123. The molecule has 33 heavy (non-hydrogen) atoms. The summed E-state index contributed by atoms with van der Waals surface area (Å²) in [5.74, 6) is 0.569. The number of fused-ring (bicyclic) bond motifs is 1. The zero-order chi connectivity index (χ0) is 23.4. The number of imidazole rings is 1. The summed E-state index contributed by atoms with van der Waals surface area (Å²) in [6.45, 7) is 3.63. The van der Waals surface area contributed by atoms with Gasteiger partial charge in [0.15, 0.2) is 5.65 Å².